The molecule has 0 radical (unpaired) electrons. The van der Waals surface area contributed by atoms with Crippen LogP contribution >= 0.6 is 15.9 Å². The molecule has 3 rings (SSSR count). The Hall–Kier alpha value is -2.25. The summed E-state index contributed by atoms with van der Waals surface area (Å²) in [7, 11) is 0. The number of carbonyl (C=O) groups excluding carboxylic acids is 1. The number of fused-ring (bicyclic) bond motifs is 1. The number of hydrogen-bond donors (Lipinski definition) is 2. The van der Waals surface area contributed by atoms with Gasteiger partial charge in [-0.3, -0.25) is 4.79 Å². The Morgan fingerprint density at radius 1 is 1.29 bits per heavy atom. The number of benzene rings is 1. The second-order valence-corrected chi connectivity index (χ2v) is 6.31. The first kappa shape index (κ1) is 16.6. The summed E-state index contributed by atoms with van der Waals surface area (Å²) in [6.45, 7) is 0.323. The minimum Gasteiger partial charge on any atom is -0.354 e. The molecule has 2 heterocycles. The van der Waals surface area contributed by atoms with E-state index in [4.69, 9.17) is 5.73 Å². The molecule has 1 atom stereocenters. The van der Waals surface area contributed by atoms with Gasteiger partial charge in [0.2, 0.25) is 5.91 Å². The van der Waals surface area contributed by atoms with Crippen LogP contribution in [-0.2, 0) is 11.2 Å². The summed E-state index contributed by atoms with van der Waals surface area (Å²) in [5.41, 5.74) is 8.22. The van der Waals surface area contributed by atoms with Crippen molar-refractivity contribution in [3.05, 3.63) is 70.3 Å². The van der Waals surface area contributed by atoms with E-state index in [0.717, 1.165) is 10.0 Å². The van der Waals surface area contributed by atoms with Gasteiger partial charge in [0.05, 0.1) is 12.1 Å². The molecule has 0 saturated carbocycles. The molecule has 0 bridgehead atoms. The van der Waals surface area contributed by atoms with Gasteiger partial charge in [-0.1, -0.05) is 34.1 Å². The van der Waals surface area contributed by atoms with E-state index in [0.29, 0.717) is 17.9 Å². The number of rotatable bonds is 5. The van der Waals surface area contributed by atoms with Crippen molar-refractivity contribution in [2.45, 2.75) is 12.5 Å². The minimum atomic E-state index is -0.352. The molecule has 0 spiro atoms. The molecule has 5 nitrogen and oxygen atoms in total. The SMILES string of the molecule is NC(CNC(=O)Cc1cn2cc(F)ccc2n1)c1ccccc1Br. The fourth-order valence-corrected chi connectivity index (χ4v) is 3.02. The second-order valence-electron chi connectivity index (χ2n) is 5.45. The molecule has 24 heavy (non-hydrogen) atoms. The Morgan fingerprint density at radius 3 is 2.88 bits per heavy atom. The highest BCUT2D eigenvalue weighted by atomic mass is 79.9. The standard InChI is InChI=1S/C17H16BrFN4O/c18-14-4-2-1-3-13(14)15(20)8-21-17(24)7-12-10-23-9-11(19)5-6-16(23)22-12/h1-6,9-10,15H,7-8,20H2,(H,21,24). The van der Waals surface area contributed by atoms with E-state index in [1.54, 1.807) is 16.7 Å². The highest BCUT2D eigenvalue weighted by Gasteiger charge is 2.12. The van der Waals surface area contributed by atoms with Gasteiger partial charge in [0, 0.05) is 29.5 Å². The third-order valence-electron chi connectivity index (χ3n) is 3.63. The Morgan fingerprint density at radius 2 is 2.08 bits per heavy atom. The van der Waals surface area contributed by atoms with Gasteiger partial charge in [0.25, 0.3) is 0 Å². The molecule has 0 aliphatic heterocycles. The van der Waals surface area contributed by atoms with Crippen LogP contribution in [0.3, 0.4) is 0 Å². The molecule has 0 saturated heterocycles. The minimum absolute atomic E-state index is 0.117. The van der Waals surface area contributed by atoms with Crippen LogP contribution in [-0.4, -0.2) is 21.8 Å². The van der Waals surface area contributed by atoms with Gasteiger partial charge in [-0.15, -0.1) is 0 Å². The Labute approximate surface area is 146 Å². The summed E-state index contributed by atoms with van der Waals surface area (Å²) in [5.74, 6) is -0.531. The average molecular weight is 391 g/mol. The predicted octanol–water partition coefficient (Wildman–Crippen LogP) is 2.59. The van der Waals surface area contributed by atoms with Crippen LogP contribution in [0, 0.1) is 5.82 Å². The van der Waals surface area contributed by atoms with Crippen LogP contribution in [0.25, 0.3) is 5.65 Å². The molecular formula is C17H16BrFN4O. The van der Waals surface area contributed by atoms with E-state index in [1.165, 1.54) is 12.3 Å². The van der Waals surface area contributed by atoms with E-state index in [9.17, 15) is 9.18 Å². The molecule has 2 aromatic heterocycles. The van der Waals surface area contributed by atoms with Crippen molar-refractivity contribution >= 4 is 27.5 Å². The third kappa shape index (κ3) is 3.80. The Kier molecular flexibility index (Phi) is 4.92. The summed E-state index contributed by atoms with van der Waals surface area (Å²) in [6, 6.07) is 10.2. The molecule has 3 aromatic rings. The number of aromatic nitrogens is 2. The van der Waals surface area contributed by atoms with Gasteiger partial charge in [-0.05, 0) is 23.8 Å². The maximum absolute atomic E-state index is 13.2. The van der Waals surface area contributed by atoms with Crippen molar-refractivity contribution < 1.29 is 9.18 Å². The lowest BCUT2D eigenvalue weighted by Gasteiger charge is -2.14. The zero-order valence-corrected chi connectivity index (χ0v) is 14.3. The van der Waals surface area contributed by atoms with Crippen molar-refractivity contribution in [3.8, 4) is 0 Å². The Balaban J connectivity index is 1.59. The second kappa shape index (κ2) is 7.11. The molecule has 0 fully saturated rings. The number of carbonyl (C=O) groups is 1. The quantitative estimate of drug-likeness (QED) is 0.703. The van der Waals surface area contributed by atoms with E-state index in [-0.39, 0.29) is 24.2 Å². The number of nitrogens with zero attached hydrogens (tertiary/aromatic N) is 2. The van der Waals surface area contributed by atoms with Crippen molar-refractivity contribution in [2.75, 3.05) is 6.54 Å². The summed E-state index contributed by atoms with van der Waals surface area (Å²) < 4.78 is 15.6. The third-order valence-corrected chi connectivity index (χ3v) is 4.35. The fourth-order valence-electron chi connectivity index (χ4n) is 2.44. The fraction of sp³-hybridized carbons (Fsp3) is 0.176. The van der Waals surface area contributed by atoms with E-state index in [1.807, 2.05) is 24.3 Å². The number of amides is 1. The van der Waals surface area contributed by atoms with Crippen LogP contribution < -0.4 is 11.1 Å². The van der Waals surface area contributed by atoms with Gasteiger partial charge in [0.1, 0.15) is 11.5 Å². The molecule has 124 valence electrons. The van der Waals surface area contributed by atoms with Gasteiger partial charge in [-0.25, -0.2) is 9.37 Å². The van der Waals surface area contributed by atoms with Crippen LogP contribution in [0.1, 0.15) is 17.3 Å². The van der Waals surface area contributed by atoms with Crippen LogP contribution in [0.4, 0.5) is 4.39 Å². The maximum Gasteiger partial charge on any atom is 0.226 e. The molecule has 0 aliphatic rings. The largest absolute Gasteiger partial charge is 0.354 e. The van der Waals surface area contributed by atoms with Crippen molar-refractivity contribution in [1.82, 2.24) is 14.7 Å². The highest BCUT2D eigenvalue weighted by molar-refractivity contribution is 9.10. The smallest absolute Gasteiger partial charge is 0.226 e. The lowest BCUT2D eigenvalue weighted by atomic mass is 10.1. The van der Waals surface area contributed by atoms with E-state index >= 15 is 0 Å². The first-order valence-electron chi connectivity index (χ1n) is 7.43. The number of halogens is 2. The molecule has 1 unspecified atom stereocenters. The van der Waals surface area contributed by atoms with E-state index in [2.05, 4.69) is 26.2 Å². The Bertz CT molecular complexity index is 880. The molecular weight excluding hydrogens is 375 g/mol. The lowest BCUT2D eigenvalue weighted by Crippen LogP contribution is -2.33. The normalized spacial score (nSPS) is 12.3. The van der Waals surface area contributed by atoms with Crippen LogP contribution in [0.2, 0.25) is 0 Å². The van der Waals surface area contributed by atoms with Gasteiger partial charge in [0.15, 0.2) is 0 Å². The highest BCUT2D eigenvalue weighted by Crippen LogP contribution is 2.21. The van der Waals surface area contributed by atoms with Crippen LogP contribution in [0.5, 0.6) is 0 Å². The van der Waals surface area contributed by atoms with Gasteiger partial charge < -0.3 is 15.5 Å². The summed E-state index contributed by atoms with van der Waals surface area (Å²) in [4.78, 5) is 16.4. The summed E-state index contributed by atoms with van der Waals surface area (Å²) in [6.07, 6.45) is 3.09. The molecule has 0 aliphatic carbocycles. The van der Waals surface area contributed by atoms with Crippen molar-refractivity contribution in [1.29, 1.82) is 0 Å². The number of pyridine rings is 1. The van der Waals surface area contributed by atoms with Gasteiger partial charge in [-0.2, -0.15) is 0 Å². The zero-order valence-electron chi connectivity index (χ0n) is 12.7. The van der Waals surface area contributed by atoms with Crippen molar-refractivity contribution in [2.24, 2.45) is 5.73 Å². The zero-order chi connectivity index (χ0) is 17.1. The number of nitrogens with one attached hydrogen (secondary N) is 1. The van der Waals surface area contributed by atoms with Crippen molar-refractivity contribution in [3.63, 3.8) is 0 Å². The first-order chi connectivity index (χ1) is 11.5. The molecule has 7 heteroatoms. The van der Waals surface area contributed by atoms with Crippen LogP contribution in [0.15, 0.2) is 53.3 Å². The topological polar surface area (TPSA) is 72.4 Å². The monoisotopic (exact) mass is 390 g/mol. The lowest BCUT2D eigenvalue weighted by molar-refractivity contribution is -0.120. The number of imidazole rings is 1. The molecule has 1 amide bonds. The summed E-state index contributed by atoms with van der Waals surface area (Å²) >= 11 is 3.45. The first-order valence-corrected chi connectivity index (χ1v) is 8.22. The van der Waals surface area contributed by atoms with Gasteiger partial charge >= 0.3 is 0 Å². The summed E-state index contributed by atoms with van der Waals surface area (Å²) in [5, 5.41) is 2.80. The molecule has 3 N–H and O–H groups in total. The number of nitrogens with two attached hydrogens (primary N) is 1. The molecule has 1 aromatic carbocycles. The van der Waals surface area contributed by atoms with E-state index < -0.39 is 0 Å². The number of hydrogen-bond acceptors (Lipinski definition) is 3. The average Bonchev–Trinajstić information content (AvgIpc) is 2.94. The maximum atomic E-state index is 13.2. The predicted molar refractivity (Wildman–Crippen MR) is 92.9 cm³/mol.